The van der Waals surface area contributed by atoms with E-state index in [-0.39, 0.29) is 28.6 Å². The summed E-state index contributed by atoms with van der Waals surface area (Å²) in [6, 6.07) is 9.07. The Labute approximate surface area is 174 Å². The van der Waals surface area contributed by atoms with Gasteiger partial charge in [0.05, 0.1) is 22.3 Å². The molecule has 0 saturated heterocycles. The van der Waals surface area contributed by atoms with Crippen LogP contribution in [0, 0.1) is 0 Å². The van der Waals surface area contributed by atoms with Crippen LogP contribution in [0.25, 0.3) is 10.9 Å². The van der Waals surface area contributed by atoms with E-state index in [1.807, 2.05) is 0 Å². The molecule has 0 fully saturated rings. The van der Waals surface area contributed by atoms with Crippen LogP contribution in [0.4, 0.5) is 8.78 Å². The van der Waals surface area contributed by atoms with Crippen molar-refractivity contribution in [3.8, 4) is 5.75 Å². The lowest BCUT2D eigenvalue weighted by Gasteiger charge is -2.09. The molecule has 1 N–H and O–H groups in total. The number of fused-ring (bicyclic) bond motifs is 1. The van der Waals surface area contributed by atoms with Crippen LogP contribution in [-0.4, -0.2) is 28.6 Å². The highest BCUT2D eigenvalue weighted by atomic mass is 35.5. The number of amides is 1. The zero-order chi connectivity index (χ0) is 21.0. The second-order valence-electron chi connectivity index (χ2n) is 6.08. The summed E-state index contributed by atoms with van der Waals surface area (Å²) in [5.41, 5.74) is 0.724. The predicted octanol–water partition coefficient (Wildman–Crippen LogP) is 3.66. The minimum absolute atomic E-state index is 0.0659. The first-order chi connectivity index (χ1) is 13.8. The van der Waals surface area contributed by atoms with Gasteiger partial charge in [-0.3, -0.25) is 14.2 Å². The maximum absolute atomic E-state index is 12.5. The number of carbonyl (C=O) groups excluding carboxylic acids is 1. The first kappa shape index (κ1) is 21.0. The van der Waals surface area contributed by atoms with Crippen molar-refractivity contribution in [3.63, 3.8) is 0 Å². The van der Waals surface area contributed by atoms with Crippen LogP contribution in [0.5, 0.6) is 5.75 Å². The Morgan fingerprint density at radius 1 is 1.21 bits per heavy atom. The third-order valence-corrected chi connectivity index (χ3v) is 4.55. The summed E-state index contributed by atoms with van der Waals surface area (Å²) < 4.78 is 29.7. The largest absolute Gasteiger partial charge is 0.435 e. The molecule has 29 heavy (non-hydrogen) atoms. The summed E-state index contributed by atoms with van der Waals surface area (Å²) in [6.07, 6.45) is 1.74. The number of aromatic nitrogens is 2. The van der Waals surface area contributed by atoms with Crippen molar-refractivity contribution in [1.29, 1.82) is 0 Å². The second kappa shape index (κ2) is 9.19. The lowest BCUT2D eigenvalue weighted by Crippen LogP contribution is -2.33. The molecule has 1 heterocycles. The van der Waals surface area contributed by atoms with E-state index in [1.54, 1.807) is 12.1 Å². The Balaban J connectivity index is 1.58. The van der Waals surface area contributed by atoms with Crippen LogP contribution in [-0.2, 0) is 17.8 Å². The lowest BCUT2D eigenvalue weighted by atomic mass is 10.1. The van der Waals surface area contributed by atoms with Crippen molar-refractivity contribution >= 4 is 40.0 Å². The van der Waals surface area contributed by atoms with Gasteiger partial charge in [-0.15, -0.1) is 0 Å². The van der Waals surface area contributed by atoms with E-state index in [2.05, 4.69) is 15.0 Å². The van der Waals surface area contributed by atoms with Gasteiger partial charge in [0.1, 0.15) is 12.3 Å². The molecule has 152 valence electrons. The van der Waals surface area contributed by atoms with Crippen molar-refractivity contribution in [1.82, 2.24) is 14.9 Å². The van der Waals surface area contributed by atoms with Gasteiger partial charge in [-0.05, 0) is 36.2 Å². The maximum atomic E-state index is 12.5. The van der Waals surface area contributed by atoms with Crippen molar-refractivity contribution < 1.29 is 18.3 Å². The fourth-order valence-corrected chi connectivity index (χ4v) is 3.24. The van der Waals surface area contributed by atoms with Crippen molar-refractivity contribution in [2.24, 2.45) is 0 Å². The molecule has 0 aliphatic heterocycles. The van der Waals surface area contributed by atoms with E-state index in [1.165, 1.54) is 35.2 Å². The summed E-state index contributed by atoms with van der Waals surface area (Å²) in [5, 5.41) is 3.48. The quantitative estimate of drug-likeness (QED) is 0.606. The first-order valence-electron chi connectivity index (χ1n) is 8.48. The number of nitrogens with zero attached hydrogens (tertiary/aromatic N) is 2. The highest BCUT2D eigenvalue weighted by Crippen LogP contribution is 2.23. The van der Waals surface area contributed by atoms with Gasteiger partial charge in [0.15, 0.2) is 0 Å². The molecule has 3 aromatic rings. The predicted molar refractivity (Wildman–Crippen MR) is 106 cm³/mol. The van der Waals surface area contributed by atoms with Crippen molar-refractivity contribution in [2.45, 2.75) is 19.6 Å². The third-order valence-electron chi connectivity index (χ3n) is 4.04. The molecule has 0 radical (unpaired) electrons. The number of hydrogen-bond donors (Lipinski definition) is 1. The van der Waals surface area contributed by atoms with E-state index in [9.17, 15) is 18.4 Å². The highest BCUT2D eigenvalue weighted by Gasteiger charge is 2.11. The Kier molecular flexibility index (Phi) is 6.66. The molecule has 3 rings (SSSR count). The third kappa shape index (κ3) is 5.42. The molecule has 0 atom stereocenters. The standard InChI is InChI=1S/C19H15Cl2F2N3O3/c20-12-7-14-17(15(21)8-12)25-10-26(18(14)28)9-16(27)24-6-5-11-1-3-13(4-2-11)29-19(22)23/h1-4,7-8,10,19H,5-6,9H2,(H,24,27). The lowest BCUT2D eigenvalue weighted by molar-refractivity contribution is -0.121. The number of carbonyl (C=O) groups is 1. The number of halogens is 4. The smallest absolute Gasteiger partial charge is 0.387 e. The Morgan fingerprint density at radius 3 is 2.62 bits per heavy atom. The fraction of sp³-hybridized carbons (Fsp3) is 0.211. The SMILES string of the molecule is O=C(Cn1cnc2c(Cl)cc(Cl)cc2c1=O)NCCc1ccc(OC(F)F)cc1. The van der Waals surface area contributed by atoms with Gasteiger partial charge >= 0.3 is 6.61 Å². The van der Waals surface area contributed by atoms with Crippen LogP contribution in [0.15, 0.2) is 47.5 Å². The molecular weight excluding hydrogens is 427 g/mol. The Bertz CT molecular complexity index is 1090. The Hall–Kier alpha value is -2.71. The zero-order valence-corrected chi connectivity index (χ0v) is 16.4. The number of rotatable bonds is 7. The minimum atomic E-state index is -2.87. The average molecular weight is 442 g/mol. The number of alkyl halides is 2. The average Bonchev–Trinajstić information content (AvgIpc) is 2.65. The van der Waals surface area contributed by atoms with Gasteiger partial charge in [0.2, 0.25) is 5.91 Å². The summed E-state index contributed by atoms with van der Waals surface area (Å²) >= 11 is 12.0. The summed E-state index contributed by atoms with van der Waals surface area (Å²) in [6.45, 7) is -2.78. The summed E-state index contributed by atoms with van der Waals surface area (Å²) in [7, 11) is 0. The van der Waals surface area contributed by atoms with E-state index in [4.69, 9.17) is 23.2 Å². The Morgan fingerprint density at radius 2 is 1.93 bits per heavy atom. The van der Waals surface area contributed by atoms with E-state index in [0.29, 0.717) is 23.5 Å². The molecule has 0 aliphatic rings. The van der Waals surface area contributed by atoms with Gasteiger partial charge in [-0.25, -0.2) is 4.98 Å². The minimum Gasteiger partial charge on any atom is -0.435 e. The van der Waals surface area contributed by atoms with Crippen LogP contribution in [0.1, 0.15) is 5.56 Å². The molecule has 0 unspecified atom stereocenters. The molecule has 10 heteroatoms. The van der Waals surface area contributed by atoms with Crippen LogP contribution in [0.3, 0.4) is 0 Å². The maximum Gasteiger partial charge on any atom is 0.387 e. The van der Waals surface area contributed by atoms with Crippen LogP contribution >= 0.6 is 23.2 Å². The summed E-state index contributed by atoms with van der Waals surface area (Å²) in [5.74, 6) is -0.310. The van der Waals surface area contributed by atoms with E-state index >= 15 is 0 Å². The van der Waals surface area contributed by atoms with E-state index < -0.39 is 12.2 Å². The molecular formula is C19H15Cl2F2N3O3. The van der Waals surface area contributed by atoms with Crippen LogP contribution < -0.4 is 15.6 Å². The highest BCUT2D eigenvalue weighted by molar-refractivity contribution is 6.38. The molecule has 0 aliphatic carbocycles. The molecule has 0 saturated carbocycles. The van der Waals surface area contributed by atoms with Gasteiger partial charge in [0, 0.05) is 11.6 Å². The van der Waals surface area contributed by atoms with Crippen molar-refractivity contribution in [2.75, 3.05) is 6.54 Å². The second-order valence-corrected chi connectivity index (χ2v) is 6.93. The molecule has 2 aromatic carbocycles. The molecule has 6 nitrogen and oxygen atoms in total. The van der Waals surface area contributed by atoms with E-state index in [0.717, 1.165) is 5.56 Å². The molecule has 1 amide bonds. The van der Waals surface area contributed by atoms with Gasteiger partial charge in [-0.2, -0.15) is 8.78 Å². The monoisotopic (exact) mass is 441 g/mol. The zero-order valence-electron chi connectivity index (χ0n) is 14.9. The van der Waals surface area contributed by atoms with Gasteiger partial charge < -0.3 is 10.1 Å². The fourth-order valence-electron chi connectivity index (χ4n) is 2.70. The van der Waals surface area contributed by atoms with Gasteiger partial charge in [-0.1, -0.05) is 35.3 Å². The molecule has 0 bridgehead atoms. The normalized spacial score (nSPS) is 11.1. The first-order valence-corrected chi connectivity index (χ1v) is 9.23. The topological polar surface area (TPSA) is 73.2 Å². The van der Waals surface area contributed by atoms with Crippen molar-refractivity contribution in [3.05, 3.63) is 68.7 Å². The number of nitrogens with one attached hydrogen (secondary N) is 1. The number of benzene rings is 2. The van der Waals surface area contributed by atoms with Gasteiger partial charge in [0.25, 0.3) is 5.56 Å². The molecule has 1 aromatic heterocycles. The number of ether oxygens (including phenoxy) is 1. The molecule has 0 spiro atoms. The van der Waals surface area contributed by atoms with Crippen LogP contribution in [0.2, 0.25) is 10.0 Å². The number of hydrogen-bond acceptors (Lipinski definition) is 4. The summed E-state index contributed by atoms with van der Waals surface area (Å²) in [4.78, 5) is 28.8.